The molecule has 0 amide bonds. The highest BCUT2D eigenvalue weighted by molar-refractivity contribution is 7.89. The molecular formula is C29H23F5N4O2S. The largest absolute Gasteiger partial charge is 0.593 e. The van der Waals surface area contributed by atoms with Gasteiger partial charge in [-0.25, -0.2) is 13.5 Å². The monoisotopic (exact) mass is 586 g/mol. The molecule has 6 nitrogen and oxygen atoms in total. The predicted octanol–water partition coefficient (Wildman–Crippen LogP) is 5.58. The number of carbonyl (C=O) groups is 1. The number of alkyl halides is 3. The Morgan fingerprint density at radius 3 is 2.54 bits per heavy atom. The fourth-order valence-corrected chi connectivity index (χ4v) is 7.27. The fourth-order valence-electron chi connectivity index (χ4n) is 5.96. The second kappa shape index (κ2) is 10.3. The van der Waals surface area contributed by atoms with Crippen LogP contribution in [-0.2, 0) is 30.4 Å². The molecule has 1 unspecified atom stereocenters. The molecule has 0 radical (unpaired) electrons. The van der Waals surface area contributed by atoms with Gasteiger partial charge in [-0.2, -0.15) is 18.3 Å². The van der Waals surface area contributed by atoms with E-state index < -0.39 is 34.3 Å². The van der Waals surface area contributed by atoms with E-state index in [1.54, 1.807) is 41.2 Å². The molecule has 2 aromatic carbocycles. The number of carbonyl (C=O) groups excluding carboxylic acids is 1. The van der Waals surface area contributed by atoms with Gasteiger partial charge in [-0.1, -0.05) is 6.07 Å². The molecule has 0 bridgehead atoms. The van der Waals surface area contributed by atoms with Crippen LogP contribution in [0.3, 0.4) is 0 Å². The maximum Gasteiger partial charge on any atom is 0.419 e. The molecular weight excluding hydrogens is 563 g/mol. The molecule has 1 aliphatic carbocycles. The number of ketones is 1. The Morgan fingerprint density at radius 1 is 1.07 bits per heavy atom. The Hall–Kier alpha value is -3.61. The number of hydrogen-bond donors (Lipinski definition) is 0. The molecule has 3 atom stereocenters. The lowest BCUT2D eigenvalue weighted by Gasteiger charge is -2.48. The number of hydrogen-bond acceptors (Lipinski definition) is 5. The Kier molecular flexibility index (Phi) is 6.95. The van der Waals surface area contributed by atoms with Crippen molar-refractivity contribution in [2.75, 3.05) is 13.1 Å². The van der Waals surface area contributed by atoms with Gasteiger partial charge in [0.25, 0.3) is 0 Å². The first-order valence-electron chi connectivity index (χ1n) is 12.9. The molecule has 4 aromatic rings. The summed E-state index contributed by atoms with van der Waals surface area (Å²) in [7, 11) is 0. The summed E-state index contributed by atoms with van der Waals surface area (Å²) in [6.07, 6.45) is -0.506. The zero-order chi connectivity index (χ0) is 28.9. The average Bonchev–Trinajstić information content (AvgIpc) is 3.37. The maximum atomic E-state index is 14.3. The number of nitrogens with zero attached hydrogens (tertiary/aromatic N) is 4. The molecule has 6 rings (SSSR count). The zero-order valence-corrected chi connectivity index (χ0v) is 22.3. The highest BCUT2D eigenvalue weighted by atomic mass is 32.2. The van der Waals surface area contributed by atoms with E-state index in [9.17, 15) is 31.3 Å². The maximum absolute atomic E-state index is 14.3. The van der Waals surface area contributed by atoms with Gasteiger partial charge in [0.05, 0.1) is 40.8 Å². The molecule has 0 N–H and O–H groups in total. The van der Waals surface area contributed by atoms with Crippen LogP contribution in [0.2, 0.25) is 0 Å². The van der Waals surface area contributed by atoms with Crippen LogP contribution in [0.25, 0.3) is 5.69 Å². The van der Waals surface area contributed by atoms with Crippen LogP contribution >= 0.6 is 0 Å². The first-order valence-corrected chi connectivity index (χ1v) is 14.0. The molecule has 3 heterocycles. The predicted molar refractivity (Wildman–Crippen MR) is 139 cm³/mol. The van der Waals surface area contributed by atoms with E-state index in [0.29, 0.717) is 30.7 Å². The lowest BCUT2D eigenvalue weighted by Crippen LogP contribution is -2.57. The quantitative estimate of drug-likeness (QED) is 0.174. The topological polar surface area (TPSA) is 74.1 Å². The summed E-state index contributed by atoms with van der Waals surface area (Å²) >= 11 is -2.02. The van der Waals surface area contributed by atoms with E-state index in [-0.39, 0.29) is 47.6 Å². The minimum absolute atomic E-state index is 0.0312. The summed E-state index contributed by atoms with van der Waals surface area (Å²) in [6, 6.07) is 13.2. The summed E-state index contributed by atoms with van der Waals surface area (Å²) in [5, 5.41) is 4.52. The third-order valence-electron chi connectivity index (χ3n) is 7.97. The first-order chi connectivity index (χ1) is 19.6. The standard InChI is InChI=1S/C29H23F5N4O2S/c30-20-4-6-21(7-5-20)38-26-13-19-10-12-37(41(40)22-8-9-23(24(31)14-22)29(32,33)34)17-28(19,15-18(26)16-36-38)27(39)25-3-1-2-11-35-25/h1-9,11,14,16,19H,10,12-13,15,17H2/t19-,28-,41?/m0/s1. The Labute approximate surface area is 235 Å². The number of rotatable bonds is 5. The molecule has 0 spiro atoms. The van der Waals surface area contributed by atoms with Crippen molar-refractivity contribution in [2.24, 2.45) is 11.3 Å². The zero-order valence-electron chi connectivity index (χ0n) is 21.4. The van der Waals surface area contributed by atoms with Crippen LogP contribution < -0.4 is 0 Å². The van der Waals surface area contributed by atoms with Crippen LogP contribution in [0.4, 0.5) is 22.0 Å². The molecule has 212 valence electrons. The Morgan fingerprint density at radius 2 is 1.85 bits per heavy atom. The van der Waals surface area contributed by atoms with Gasteiger partial charge in [-0.05, 0) is 79.3 Å². The van der Waals surface area contributed by atoms with Gasteiger partial charge in [-0.3, -0.25) is 9.78 Å². The van der Waals surface area contributed by atoms with E-state index in [1.807, 2.05) is 0 Å². The van der Waals surface area contributed by atoms with Gasteiger partial charge in [0.1, 0.15) is 17.3 Å². The second-order valence-corrected chi connectivity index (χ2v) is 11.8. The summed E-state index contributed by atoms with van der Waals surface area (Å²) in [5.74, 6) is -2.31. The summed E-state index contributed by atoms with van der Waals surface area (Å²) in [5.41, 5.74) is 0.139. The third kappa shape index (κ3) is 4.93. The summed E-state index contributed by atoms with van der Waals surface area (Å²) in [6.45, 7) is 0.306. The van der Waals surface area contributed by atoms with Gasteiger partial charge in [0.2, 0.25) is 0 Å². The minimum Gasteiger partial charge on any atom is -0.593 e. The van der Waals surface area contributed by atoms with Crippen LogP contribution in [0.1, 0.15) is 33.7 Å². The Bertz CT molecular complexity index is 1600. The number of piperidine rings is 1. The van der Waals surface area contributed by atoms with Crippen molar-refractivity contribution in [3.8, 4) is 5.69 Å². The van der Waals surface area contributed by atoms with Crippen molar-refractivity contribution in [1.29, 1.82) is 0 Å². The van der Waals surface area contributed by atoms with Crippen molar-refractivity contribution < 1.29 is 31.3 Å². The van der Waals surface area contributed by atoms with Gasteiger partial charge < -0.3 is 4.55 Å². The fraction of sp³-hybridized carbons (Fsp3) is 0.276. The molecule has 2 aromatic heterocycles. The van der Waals surface area contributed by atoms with Crippen molar-refractivity contribution >= 4 is 17.1 Å². The molecule has 1 fully saturated rings. The number of pyridine rings is 1. The van der Waals surface area contributed by atoms with Crippen molar-refractivity contribution in [2.45, 2.75) is 30.3 Å². The van der Waals surface area contributed by atoms with Crippen LogP contribution in [0.5, 0.6) is 0 Å². The number of halogens is 5. The van der Waals surface area contributed by atoms with Crippen molar-refractivity contribution in [3.63, 3.8) is 0 Å². The SMILES string of the molecule is O=C(c1ccccn1)[C@]12Cc3cnn(-c4ccc(F)cc4)c3C[C@@H]1CCN([S+]([O-])c1ccc(C(F)(F)F)c(F)c1)C2. The van der Waals surface area contributed by atoms with E-state index in [2.05, 4.69) is 10.1 Å². The highest BCUT2D eigenvalue weighted by Gasteiger charge is 2.55. The second-order valence-electron chi connectivity index (χ2n) is 10.3. The molecule has 0 saturated carbocycles. The molecule has 2 aliphatic rings. The Balaban J connectivity index is 1.36. The van der Waals surface area contributed by atoms with Crippen LogP contribution in [0.15, 0.2) is 78.0 Å². The van der Waals surface area contributed by atoms with Gasteiger partial charge in [-0.15, -0.1) is 4.31 Å². The third-order valence-corrected chi connectivity index (χ3v) is 9.41. The lowest BCUT2D eigenvalue weighted by atomic mass is 9.60. The van der Waals surface area contributed by atoms with E-state index in [1.165, 1.54) is 22.6 Å². The van der Waals surface area contributed by atoms with Crippen molar-refractivity contribution in [1.82, 2.24) is 19.1 Å². The molecule has 12 heteroatoms. The van der Waals surface area contributed by atoms with Crippen molar-refractivity contribution in [3.05, 3.63) is 107 Å². The molecule has 1 saturated heterocycles. The van der Waals surface area contributed by atoms with Gasteiger partial charge in [0, 0.05) is 24.5 Å². The highest BCUT2D eigenvalue weighted by Crippen LogP contribution is 2.48. The molecule has 1 aliphatic heterocycles. The smallest absolute Gasteiger partial charge is 0.419 e. The normalized spacial score (nSPS) is 21.7. The van der Waals surface area contributed by atoms with Gasteiger partial charge in [0.15, 0.2) is 10.7 Å². The van der Waals surface area contributed by atoms with E-state index in [4.69, 9.17) is 0 Å². The summed E-state index contributed by atoms with van der Waals surface area (Å²) < 4.78 is 83.9. The summed E-state index contributed by atoms with van der Waals surface area (Å²) in [4.78, 5) is 18.3. The first kappa shape index (κ1) is 27.6. The lowest BCUT2D eigenvalue weighted by molar-refractivity contribution is -0.140. The average molecular weight is 587 g/mol. The van der Waals surface area contributed by atoms with Gasteiger partial charge >= 0.3 is 6.18 Å². The number of benzene rings is 2. The van der Waals surface area contributed by atoms with Crippen LogP contribution in [0, 0.1) is 23.0 Å². The minimum atomic E-state index is -4.88. The number of fused-ring (bicyclic) bond motifs is 2. The van der Waals surface area contributed by atoms with E-state index >= 15 is 0 Å². The number of Topliss-reactive ketones (excluding diaryl/α,β-unsaturated/α-hetero) is 1. The molecule has 41 heavy (non-hydrogen) atoms. The number of aromatic nitrogens is 3. The van der Waals surface area contributed by atoms with Crippen LogP contribution in [-0.4, -0.2) is 42.5 Å². The van der Waals surface area contributed by atoms with E-state index in [0.717, 1.165) is 17.3 Å².